The first-order valence-corrected chi connectivity index (χ1v) is 15.3. The summed E-state index contributed by atoms with van der Waals surface area (Å²) in [4.78, 5) is 12.8. The Labute approximate surface area is 232 Å². The summed E-state index contributed by atoms with van der Waals surface area (Å²) >= 11 is 0. The van der Waals surface area contributed by atoms with E-state index in [2.05, 4.69) is 63.3 Å². The molecule has 0 fully saturated rings. The van der Waals surface area contributed by atoms with E-state index in [-0.39, 0.29) is 18.2 Å². The number of esters is 1. The molecule has 0 spiro atoms. The Balaban J connectivity index is 1.39. The van der Waals surface area contributed by atoms with Crippen LogP contribution in [-0.2, 0) is 15.9 Å². The summed E-state index contributed by atoms with van der Waals surface area (Å²) in [6, 6.07) is 7.98. The predicted octanol–water partition coefficient (Wildman–Crippen LogP) is 9.63. The zero-order valence-electron chi connectivity index (χ0n) is 24.2. The van der Waals surface area contributed by atoms with Gasteiger partial charge in [0, 0.05) is 13.0 Å². The van der Waals surface area contributed by atoms with Gasteiger partial charge >= 0.3 is 5.97 Å². The van der Waals surface area contributed by atoms with Crippen molar-refractivity contribution in [3.05, 3.63) is 82.5 Å². The summed E-state index contributed by atoms with van der Waals surface area (Å²) in [7, 11) is 0. The van der Waals surface area contributed by atoms with Crippen molar-refractivity contribution in [2.24, 2.45) is 0 Å². The molecule has 0 saturated heterocycles. The second-order valence-electron chi connectivity index (χ2n) is 10.9. The summed E-state index contributed by atoms with van der Waals surface area (Å²) in [5, 5.41) is 0. The first-order chi connectivity index (χ1) is 18.6. The third-order valence-electron chi connectivity index (χ3n) is 7.63. The van der Waals surface area contributed by atoms with Crippen LogP contribution in [0.15, 0.2) is 71.4 Å². The minimum Gasteiger partial charge on any atom is -0.454 e. The number of carbonyl (C=O) groups is 1. The van der Waals surface area contributed by atoms with Crippen molar-refractivity contribution in [2.45, 2.75) is 123 Å². The molecule has 0 radical (unpaired) electrons. The van der Waals surface area contributed by atoms with E-state index in [1.54, 1.807) is 0 Å². The quantitative estimate of drug-likeness (QED) is 0.152. The van der Waals surface area contributed by atoms with Crippen molar-refractivity contribution in [3.8, 4) is 0 Å². The fourth-order valence-corrected chi connectivity index (χ4v) is 5.25. The van der Waals surface area contributed by atoms with Gasteiger partial charge in [-0.25, -0.2) is 4.79 Å². The number of unbranched alkanes of at least 4 members (excludes halogenated alkanes) is 9. The van der Waals surface area contributed by atoms with Gasteiger partial charge in [0.05, 0.1) is 11.7 Å². The lowest BCUT2D eigenvalue weighted by molar-refractivity contribution is 0.0396. The molecule has 0 saturated carbocycles. The molecule has 0 N–H and O–H groups in total. The average molecular weight is 519 g/mol. The van der Waals surface area contributed by atoms with E-state index < -0.39 is 0 Å². The van der Waals surface area contributed by atoms with Crippen molar-refractivity contribution in [3.63, 3.8) is 0 Å². The van der Waals surface area contributed by atoms with Crippen LogP contribution in [0.2, 0.25) is 0 Å². The smallest absolute Gasteiger partial charge is 0.338 e. The minimum atomic E-state index is -0.242. The lowest BCUT2D eigenvalue weighted by Crippen LogP contribution is -2.19. The summed E-state index contributed by atoms with van der Waals surface area (Å²) < 4.78 is 11.9. The van der Waals surface area contributed by atoms with Gasteiger partial charge in [0.25, 0.3) is 0 Å². The Morgan fingerprint density at radius 3 is 2.13 bits per heavy atom. The SMILES string of the molecule is CCCCCCCCc1ccc(C(=O)OC2C=C(C)C(C3=CCC(OCCCCCCC)C=C3)=CC2)cc1. The summed E-state index contributed by atoms with van der Waals surface area (Å²) in [6.45, 7) is 7.45. The van der Waals surface area contributed by atoms with Gasteiger partial charge in [-0.2, -0.15) is 0 Å². The standard InChI is InChI=1S/C35H50O3/c1-4-6-8-10-11-13-15-29-16-18-31(19-17-29)35(36)38-33-24-25-34(28(3)27-33)30-20-22-32(23-21-30)37-26-14-12-9-7-5-2/h16-22,25,27,32-33H,4-15,23-24,26H2,1-3H3. The molecule has 1 aromatic carbocycles. The zero-order chi connectivity index (χ0) is 27.0. The number of hydrogen-bond acceptors (Lipinski definition) is 3. The monoisotopic (exact) mass is 518 g/mol. The molecule has 208 valence electrons. The fraction of sp³-hybridized carbons (Fsp3) is 0.571. The van der Waals surface area contributed by atoms with E-state index in [1.807, 2.05) is 12.1 Å². The van der Waals surface area contributed by atoms with Gasteiger partial charge in [0.1, 0.15) is 6.10 Å². The number of hydrogen-bond donors (Lipinski definition) is 0. The molecule has 0 bridgehead atoms. The number of benzene rings is 1. The van der Waals surface area contributed by atoms with Crippen LogP contribution in [-0.4, -0.2) is 24.8 Å². The molecule has 0 heterocycles. The molecular weight excluding hydrogens is 468 g/mol. The van der Waals surface area contributed by atoms with Crippen LogP contribution >= 0.6 is 0 Å². The molecule has 3 rings (SSSR count). The number of allylic oxidation sites excluding steroid dienone is 4. The van der Waals surface area contributed by atoms with Crippen molar-refractivity contribution in [1.82, 2.24) is 0 Å². The third-order valence-corrected chi connectivity index (χ3v) is 7.63. The van der Waals surface area contributed by atoms with E-state index in [1.165, 1.54) is 80.9 Å². The van der Waals surface area contributed by atoms with E-state index in [9.17, 15) is 4.79 Å². The summed E-state index contributed by atoms with van der Waals surface area (Å²) in [6.07, 6.45) is 27.8. The Morgan fingerprint density at radius 2 is 1.47 bits per heavy atom. The molecule has 0 amide bonds. The Morgan fingerprint density at radius 1 is 0.816 bits per heavy atom. The Bertz CT molecular complexity index is 963. The van der Waals surface area contributed by atoms with E-state index in [0.717, 1.165) is 31.4 Å². The number of rotatable bonds is 17. The first kappa shape index (κ1) is 30.2. The molecule has 2 aliphatic rings. The van der Waals surface area contributed by atoms with Crippen LogP contribution in [0.3, 0.4) is 0 Å². The zero-order valence-corrected chi connectivity index (χ0v) is 24.2. The molecule has 0 aromatic heterocycles. The molecule has 2 atom stereocenters. The van der Waals surface area contributed by atoms with Crippen LogP contribution in [0, 0.1) is 0 Å². The predicted molar refractivity (Wildman–Crippen MR) is 160 cm³/mol. The van der Waals surface area contributed by atoms with Gasteiger partial charge < -0.3 is 9.47 Å². The number of ether oxygens (including phenoxy) is 2. The maximum atomic E-state index is 12.8. The highest BCUT2D eigenvalue weighted by Gasteiger charge is 2.20. The lowest BCUT2D eigenvalue weighted by Gasteiger charge is -2.23. The van der Waals surface area contributed by atoms with E-state index in [4.69, 9.17) is 9.47 Å². The summed E-state index contributed by atoms with van der Waals surface area (Å²) in [5.41, 5.74) is 5.57. The van der Waals surface area contributed by atoms with Gasteiger partial charge in [-0.15, -0.1) is 0 Å². The lowest BCUT2D eigenvalue weighted by atomic mass is 9.88. The van der Waals surface area contributed by atoms with Crippen molar-refractivity contribution < 1.29 is 14.3 Å². The molecule has 3 heteroatoms. The maximum absolute atomic E-state index is 12.8. The second kappa shape index (κ2) is 17.2. The molecule has 2 aliphatic carbocycles. The molecule has 38 heavy (non-hydrogen) atoms. The average Bonchev–Trinajstić information content (AvgIpc) is 2.93. The molecular formula is C35H50O3. The largest absolute Gasteiger partial charge is 0.454 e. The van der Waals surface area contributed by atoms with Crippen LogP contribution in [0.1, 0.15) is 120 Å². The van der Waals surface area contributed by atoms with Gasteiger partial charge in [-0.1, -0.05) is 108 Å². The van der Waals surface area contributed by atoms with E-state index >= 15 is 0 Å². The molecule has 0 aliphatic heterocycles. The van der Waals surface area contributed by atoms with Gasteiger partial charge in [0.2, 0.25) is 0 Å². The minimum absolute atomic E-state index is 0.185. The Hall–Kier alpha value is -2.39. The maximum Gasteiger partial charge on any atom is 0.338 e. The van der Waals surface area contributed by atoms with Crippen molar-refractivity contribution in [2.75, 3.05) is 6.61 Å². The highest BCUT2D eigenvalue weighted by atomic mass is 16.5. The van der Waals surface area contributed by atoms with Crippen molar-refractivity contribution in [1.29, 1.82) is 0 Å². The van der Waals surface area contributed by atoms with Gasteiger partial charge in [-0.05, 0) is 73.1 Å². The van der Waals surface area contributed by atoms with Gasteiger partial charge in [-0.3, -0.25) is 0 Å². The van der Waals surface area contributed by atoms with Crippen molar-refractivity contribution >= 4 is 5.97 Å². The van der Waals surface area contributed by atoms with Gasteiger partial charge in [0.15, 0.2) is 0 Å². The van der Waals surface area contributed by atoms with Crippen LogP contribution < -0.4 is 0 Å². The topological polar surface area (TPSA) is 35.5 Å². The van der Waals surface area contributed by atoms with Crippen LogP contribution in [0.5, 0.6) is 0 Å². The number of aryl methyl sites for hydroxylation is 1. The second-order valence-corrected chi connectivity index (χ2v) is 10.9. The molecule has 2 unspecified atom stereocenters. The first-order valence-electron chi connectivity index (χ1n) is 15.3. The molecule has 1 aromatic rings. The molecule has 3 nitrogen and oxygen atoms in total. The highest BCUT2D eigenvalue weighted by Crippen LogP contribution is 2.30. The van der Waals surface area contributed by atoms with Crippen LogP contribution in [0.4, 0.5) is 0 Å². The highest BCUT2D eigenvalue weighted by molar-refractivity contribution is 5.89. The Kier molecular flexibility index (Phi) is 13.7. The van der Waals surface area contributed by atoms with Crippen LogP contribution in [0.25, 0.3) is 0 Å². The summed E-state index contributed by atoms with van der Waals surface area (Å²) in [5.74, 6) is -0.242. The fourth-order valence-electron chi connectivity index (χ4n) is 5.25. The van der Waals surface area contributed by atoms with E-state index in [0.29, 0.717) is 12.0 Å². The number of carbonyl (C=O) groups excluding carboxylic acids is 1. The normalized spacial score (nSPS) is 19.1. The third kappa shape index (κ3) is 10.4.